The lowest BCUT2D eigenvalue weighted by Crippen LogP contribution is -2.37. The molecule has 7 heteroatoms. The van der Waals surface area contributed by atoms with Crippen molar-refractivity contribution in [3.63, 3.8) is 0 Å². The monoisotopic (exact) mass is 308 g/mol. The van der Waals surface area contributed by atoms with Crippen LogP contribution in [0.4, 0.5) is 0 Å². The standard InChI is InChI=1S/C14H17ClN4O2/c1-3-11(21-12-7-5-4-6-10(12)15)14(20)16-8-13-17-9(2)18-19-13/h4-7,11H,3,8H2,1-2H3,(H,16,20)(H,17,18,19). The van der Waals surface area contributed by atoms with Gasteiger partial charge in [-0.3, -0.25) is 9.89 Å². The lowest BCUT2D eigenvalue weighted by molar-refractivity contribution is -0.128. The summed E-state index contributed by atoms with van der Waals surface area (Å²) in [5.74, 6) is 1.52. The molecule has 0 saturated heterocycles. The Balaban J connectivity index is 1.94. The van der Waals surface area contributed by atoms with Crippen molar-refractivity contribution in [1.82, 2.24) is 20.5 Å². The highest BCUT2D eigenvalue weighted by atomic mass is 35.5. The van der Waals surface area contributed by atoms with Crippen LogP contribution < -0.4 is 10.1 Å². The molecule has 6 nitrogen and oxygen atoms in total. The van der Waals surface area contributed by atoms with Gasteiger partial charge in [-0.05, 0) is 25.5 Å². The van der Waals surface area contributed by atoms with Gasteiger partial charge in [-0.15, -0.1) is 0 Å². The van der Waals surface area contributed by atoms with Crippen LogP contribution in [0.1, 0.15) is 25.0 Å². The number of ether oxygens (including phenoxy) is 1. The summed E-state index contributed by atoms with van der Waals surface area (Å²) in [6, 6.07) is 7.07. The summed E-state index contributed by atoms with van der Waals surface area (Å²) < 4.78 is 5.66. The predicted molar refractivity (Wildman–Crippen MR) is 79.1 cm³/mol. The van der Waals surface area contributed by atoms with E-state index in [0.29, 0.717) is 28.8 Å². The molecule has 1 heterocycles. The van der Waals surface area contributed by atoms with Crippen molar-refractivity contribution < 1.29 is 9.53 Å². The molecule has 2 rings (SSSR count). The number of aromatic nitrogens is 3. The third-order valence-corrected chi connectivity index (χ3v) is 3.15. The average Bonchev–Trinajstić information content (AvgIpc) is 2.89. The van der Waals surface area contributed by atoms with Crippen molar-refractivity contribution in [2.45, 2.75) is 32.9 Å². The largest absolute Gasteiger partial charge is 0.479 e. The van der Waals surface area contributed by atoms with Gasteiger partial charge in [-0.2, -0.15) is 5.10 Å². The van der Waals surface area contributed by atoms with Crippen LogP contribution in [0.15, 0.2) is 24.3 Å². The SMILES string of the molecule is CCC(Oc1ccccc1Cl)C(=O)NCc1n[nH]c(C)n1. The molecule has 0 saturated carbocycles. The van der Waals surface area contributed by atoms with Crippen LogP contribution >= 0.6 is 11.6 Å². The maximum Gasteiger partial charge on any atom is 0.261 e. The van der Waals surface area contributed by atoms with Crippen LogP contribution in [-0.4, -0.2) is 27.2 Å². The van der Waals surface area contributed by atoms with Crippen molar-refractivity contribution in [2.75, 3.05) is 0 Å². The van der Waals surface area contributed by atoms with Gasteiger partial charge in [0.2, 0.25) is 0 Å². The van der Waals surface area contributed by atoms with E-state index < -0.39 is 6.10 Å². The molecule has 112 valence electrons. The first-order valence-corrected chi connectivity index (χ1v) is 7.04. The molecular weight excluding hydrogens is 292 g/mol. The third-order valence-electron chi connectivity index (χ3n) is 2.83. The van der Waals surface area contributed by atoms with E-state index in [4.69, 9.17) is 16.3 Å². The number of hydrogen-bond donors (Lipinski definition) is 2. The van der Waals surface area contributed by atoms with Gasteiger partial charge in [0.25, 0.3) is 5.91 Å². The first-order valence-electron chi connectivity index (χ1n) is 6.67. The molecule has 0 fully saturated rings. The number of hydrogen-bond acceptors (Lipinski definition) is 4. The molecule has 2 N–H and O–H groups in total. The van der Waals surface area contributed by atoms with Crippen LogP contribution in [0.25, 0.3) is 0 Å². The van der Waals surface area contributed by atoms with E-state index in [-0.39, 0.29) is 12.5 Å². The predicted octanol–water partition coefficient (Wildman–Crippen LogP) is 2.24. The highest BCUT2D eigenvalue weighted by Crippen LogP contribution is 2.24. The maximum absolute atomic E-state index is 12.1. The molecule has 1 unspecified atom stereocenters. The number of nitrogens with zero attached hydrogens (tertiary/aromatic N) is 2. The molecule has 1 aromatic heterocycles. The zero-order valence-electron chi connectivity index (χ0n) is 11.9. The van der Waals surface area contributed by atoms with Crippen molar-refractivity contribution >= 4 is 17.5 Å². The molecule has 1 atom stereocenters. The molecule has 0 spiro atoms. The van der Waals surface area contributed by atoms with E-state index in [2.05, 4.69) is 20.5 Å². The fourth-order valence-electron chi connectivity index (χ4n) is 1.76. The number of amides is 1. The van der Waals surface area contributed by atoms with Gasteiger partial charge in [-0.1, -0.05) is 30.7 Å². The van der Waals surface area contributed by atoms with Crippen molar-refractivity contribution in [3.8, 4) is 5.75 Å². The number of para-hydroxylation sites is 1. The van der Waals surface area contributed by atoms with Gasteiger partial charge in [0.15, 0.2) is 11.9 Å². The summed E-state index contributed by atoms with van der Waals surface area (Å²) in [6.07, 6.45) is -0.0747. The van der Waals surface area contributed by atoms with Crippen LogP contribution in [0.2, 0.25) is 5.02 Å². The minimum Gasteiger partial charge on any atom is -0.479 e. The van der Waals surface area contributed by atoms with Gasteiger partial charge in [0, 0.05) is 0 Å². The Bertz CT molecular complexity index is 615. The van der Waals surface area contributed by atoms with Crippen LogP contribution in [0.5, 0.6) is 5.75 Å². The van der Waals surface area contributed by atoms with Crippen molar-refractivity contribution in [3.05, 3.63) is 40.9 Å². The van der Waals surface area contributed by atoms with Crippen LogP contribution in [0.3, 0.4) is 0 Å². The molecule has 0 aliphatic carbocycles. The Morgan fingerprint density at radius 2 is 2.24 bits per heavy atom. The molecular formula is C14H17ClN4O2. The topological polar surface area (TPSA) is 79.9 Å². The Morgan fingerprint density at radius 1 is 1.48 bits per heavy atom. The number of aryl methyl sites for hydroxylation is 1. The minimum absolute atomic E-state index is 0.222. The number of carbonyl (C=O) groups is 1. The molecule has 21 heavy (non-hydrogen) atoms. The van der Waals surface area contributed by atoms with E-state index in [1.54, 1.807) is 19.1 Å². The fourth-order valence-corrected chi connectivity index (χ4v) is 1.94. The first kappa shape index (κ1) is 15.3. The highest BCUT2D eigenvalue weighted by molar-refractivity contribution is 6.32. The molecule has 0 bridgehead atoms. The lowest BCUT2D eigenvalue weighted by atomic mass is 10.2. The Labute approximate surface area is 127 Å². The van der Waals surface area contributed by atoms with E-state index in [1.165, 1.54) is 0 Å². The molecule has 1 aromatic carbocycles. The summed E-state index contributed by atoms with van der Waals surface area (Å²) in [6.45, 7) is 3.93. The molecule has 0 aliphatic rings. The maximum atomic E-state index is 12.1. The van der Waals surface area contributed by atoms with Crippen LogP contribution in [-0.2, 0) is 11.3 Å². The molecule has 2 aromatic rings. The second-order valence-electron chi connectivity index (χ2n) is 4.50. The van der Waals surface area contributed by atoms with E-state index >= 15 is 0 Å². The smallest absolute Gasteiger partial charge is 0.261 e. The lowest BCUT2D eigenvalue weighted by Gasteiger charge is -2.17. The quantitative estimate of drug-likeness (QED) is 0.857. The van der Waals surface area contributed by atoms with Gasteiger partial charge in [0.05, 0.1) is 11.6 Å². The van der Waals surface area contributed by atoms with Gasteiger partial charge >= 0.3 is 0 Å². The normalized spacial score (nSPS) is 12.0. The van der Waals surface area contributed by atoms with E-state index in [9.17, 15) is 4.79 Å². The second kappa shape index (κ2) is 7.08. The number of carbonyl (C=O) groups excluding carboxylic acids is 1. The number of aromatic amines is 1. The van der Waals surface area contributed by atoms with Gasteiger partial charge < -0.3 is 10.1 Å². The van der Waals surface area contributed by atoms with Gasteiger partial charge in [0.1, 0.15) is 11.6 Å². The summed E-state index contributed by atoms with van der Waals surface area (Å²) >= 11 is 6.02. The summed E-state index contributed by atoms with van der Waals surface area (Å²) in [5, 5.41) is 9.91. The number of nitrogens with one attached hydrogen (secondary N) is 2. The zero-order valence-corrected chi connectivity index (χ0v) is 12.6. The van der Waals surface area contributed by atoms with Crippen molar-refractivity contribution in [1.29, 1.82) is 0 Å². The van der Waals surface area contributed by atoms with E-state index in [0.717, 1.165) is 0 Å². The Kier molecular flexibility index (Phi) is 5.16. The molecule has 0 radical (unpaired) electrons. The number of halogens is 1. The fraction of sp³-hybridized carbons (Fsp3) is 0.357. The van der Waals surface area contributed by atoms with Crippen LogP contribution in [0, 0.1) is 6.92 Å². The van der Waals surface area contributed by atoms with E-state index in [1.807, 2.05) is 19.1 Å². The molecule has 0 aliphatic heterocycles. The summed E-state index contributed by atoms with van der Waals surface area (Å²) in [5.41, 5.74) is 0. The highest BCUT2D eigenvalue weighted by Gasteiger charge is 2.19. The summed E-state index contributed by atoms with van der Waals surface area (Å²) in [7, 11) is 0. The second-order valence-corrected chi connectivity index (χ2v) is 4.91. The Morgan fingerprint density at radius 3 is 2.86 bits per heavy atom. The third kappa shape index (κ3) is 4.19. The Hall–Kier alpha value is -2.08. The first-order chi connectivity index (χ1) is 10.1. The average molecular weight is 309 g/mol. The zero-order chi connectivity index (χ0) is 15.2. The minimum atomic E-state index is -0.607. The molecule has 1 amide bonds. The number of benzene rings is 1. The number of H-pyrrole nitrogens is 1. The summed E-state index contributed by atoms with van der Waals surface area (Å²) in [4.78, 5) is 16.2. The number of rotatable bonds is 6. The van der Waals surface area contributed by atoms with Crippen molar-refractivity contribution in [2.24, 2.45) is 0 Å². The van der Waals surface area contributed by atoms with Gasteiger partial charge in [-0.25, -0.2) is 4.98 Å².